The van der Waals surface area contributed by atoms with Crippen LogP contribution in [0.3, 0.4) is 0 Å². The second kappa shape index (κ2) is 3.89. The Morgan fingerprint density at radius 3 is 3.29 bits per heavy atom. The molecule has 3 N–H and O–H groups in total. The fourth-order valence-corrected chi connectivity index (χ4v) is 2.09. The number of nitrogens with one attached hydrogen (secondary N) is 1. The number of hydrogen-bond donors (Lipinski definition) is 2. The van der Waals surface area contributed by atoms with Crippen LogP contribution in [0.1, 0.15) is 0 Å². The number of piperazine rings is 1. The molecule has 2 heterocycles. The number of amides is 1. The van der Waals surface area contributed by atoms with Crippen LogP contribution in [0, 0.1) is 0 Å². The van der Waals surface area contributed by atoms with Crippen molar-refractivity contribution >= 4 is 22.6 Å². The molecule has 0 aliphatic carbocycles. The Labute approximate surface area is 85.3 Å². The summed E-state index contributed by atoms with van der Waals surface area (Å²) in [6, 6.07) is -0.309. The maximum Gasteiger partial charge on any atom is 0.241 e. The molecule has 1 aliphatic heterocycles. The summed E-state index contributed by atoms with van der Waals surface area (Å²) in [5.74, 6) is -0.326. The normalized spacial score (nSPS) is 22.3. The quantitative estimate of drug-likeness (QED) is 0.645. The van der Waals surface area contributed by atoms with E-state index < -0.39 is 0 Å². The number of hydrogen-bond acceptors (Lipinski definition) is 6. The van der Waals surface area contributed by atoms with Crippen LogP contribution >= 0.6 is 11.5 Å². The van der Waals surface area contributed by atoms with E-state index in [9.17, 15) is 4.79 Å². The van der Waals surface area contributed by atoms with E-state index in [-0.39, 0.29) is 11.9 Å². The fourth-order valence-electron chi connectivity index (χ4n) is 1.48. The lowest BCUT2D eigenvalue weighted by Crippen LogP contribution is -2.57. The van der Waals surface area contributed by atoms with Crippen LogP contribution in [0.15, 0.2) is 6.33 Å². The second-order valence-electron chi connectivity index (χ2n) is 3.04. The maximum absolute atomic E-state index is 11.2. The highest BCUT2D eigenvalue weighted by Gasteiger charge is 2.28. The van der Waals surface area contributed by atoms with Gasteiger partial charge in [-0.15, -0.1) is 0 Å². The molecule has 7 heteroatoms. The third-order valence-electron chi connectivity index (χ3n) is 2.17. The summed E-state index contributed by atoms with van der Waals surface area (Å²) >= 11 is 1.28. The van der Waals surface area contributed by atoms with Gasteiger partial charge in [0.2, 0.25) is 11.0 Å². The molecule has 0 aromatic carbocycles. The average Bonchev–Trinajstić information content (AvgIpc) is 2.70. The highest BCUT2D eigenvalue weighted by molar-refractivity contribution is 7.09. The molecule has 1 atom stereocenters. The van der Waals surface area contributed by atoms with Crippen molar-refractivity contribution in [1.82, 2.24) is 14.7 Å². The largest absolute Gasteiger partial charge is 0.368 e. The van der Waals surface area contributed by atoms with E-state index in [1.807, 2.05) is 4.90 Å². The molecule has 1 unspecified atom stereocenters. The van der Waals surface area contributed by atoms with Gasteiger partial charge in [0.05, 0.1) is 0 Å². The summed E-state index contributed by atoms with van der Waals surface area (Å²) < 4.78 is 3.91. The van der Waals surface area contributed by atoms with Gasteiger partial charge in [-0.2, -0.15) is 4.37 Å². The number of nitrogens with zero attached hydrogens (tertiary/aromatic N) is 3. The van der Waals surface area contributed by atoms with Gasteiger partial charge in [0.15, 0.2) is 0 Å². The Balaban J connectivity index is 2.18. The minimum atomic E-state index is -0.326. The molecular formula is C7H11N5OS. The molecule has 0 spiro atoms. The number of primary amides is 1. The van der Waals surface area contributed by atoms with Crippen molar-refractivity contribution in [2.75, 3.05) is 24.5 Å². The summed E-state index contributed by atoms with van der Waals surface area (Å²) in [4.78, 5) is 17.1. The lowest BCUT2D eigenvalue weighted by molar-refractivity contribution is -0.119. The first-order valence-electron chi connectivity index (χ1n) is 4.32. The van der Waals surface area contributed by atoms with Gasteiger partial charge in [0, 0.05) is 31.2 Å². The van der Waals surface area contributed by atoms with E-state index >= 15 is 0 Å². The van der Waals surface area contributed by atoms with Crippen LogP contribution in [-0.2, 0) is 4.79 Å². The average molecular weight is 213 g/mol. The SMILES string of the molecule is NC(=O)C1CNCCN1c1ncns1. The van der Waals surface area contributed by atoms with Crippen LogP contribution < -0.4 is 16.0 Å². The van der Waals surface area contributed by atoms with Crippen molar-refractivity contribution < 1.29 is 4.79 Å². The number of nitrogens with two attached hydrogens (primary N) is 1. The maximum atomic E-state index is 11.2. The molecule has 0 bridgehead atoms. The topological polar surface area (TPSA) is 84.1 Å². The number of aromatic nitrogens is 2. The number of anilines is 1. The zero-order chi connectivity index (χ0) is 9.97. The van der Waals surface area contributed by atoms with Gasteiger partial charge in [0.25, 0.3) is 0 Å². The van der Waals surface area contributed by atoms with Gasteiger partial charge in [0.1, 0.15) is 12.4 Å². The summed E-state index contributed by atoms with van der Waals surface area (Å²) in [7, 11) is 0. The summed E-state index contributed by atoms with van der Waals surface area (Å²) in [6.45, 7) is 2.15. The molecule has 1 amide bonds. The first-order valence-corrected chi connectivity index (χ1v) is 5.09. The Kier molecular flexibility index (Phi) is 2.60. The summed E-state index contributed by atoms with van der Waals surface area (Å²) in [5, 5.41) is 3.88. The minimum Gasteiger partial charge on any atom is -0.368 e. The molecule has 14 heavy (non-hydrogen) atoms. The fraction of sp³-hybridized carbons (Fsp3) is 0.571. The Morgan fingerprint density at radius 2 is 2.64 bits per heavy atom. The van der Waals surface area contributed by atoms with Gasteiger partial charge in [-0.25, -0.2) is 4.98 Å². The van der Waals surface area contributed by atoms with Crippen molar-refractivity contribution in [3.8, 4) is 0 Å². The summed E-state index contributed by atoms with van der Waals surface area (Å²) in [6.07, 6.45) is 1.49. The van der Waals surface area contributed by atoms with Crippen LogP contribution in [0.25, 0.3) is 0 Å². The summed E-state index contributed by atoms with van der Waals surface area (Å²) in [5.41, 5.74) is 5.30. The molecule has 1 aromatic rings. The molecule has 0 saturated carbocycles. The zero-order valence-electron chi connectivity index (χ0n) is 7.51. The van der Waals surface area contributed by atoms with Crippen molar-refractivity contribution in [3.05, 3.63) is 6.33 Å². The standard InChI is InChI=1S/C7H11N5OS/c8-6(13)5-3-9-1-2-12(5)7-10-4-11-14-7/h4-5,9H,1-3H2,(H2,8,13). The van der Waals surface area contributed by atoms with Crippen LogP contribution in [-0.4, -0.2) is 40.9 Å². The van der Waals surface area contributed by atoms with E-state index in [4.69, 9.17) is 5.73 Å². The molecule has 2 rings (SSSR count). The Morgan fingerprint density at radius 1 is 1.79 bits per heavy atom. The van der Waals surface area contributed by atoms with Crippen LogP contribution in [0.5, 0.6) is 0 Å². The predicted molar refractivity (Wildman–Crippen MR) is 53.1 cm³/mol. The Bertz CT molecular complexity index is 314. The van der Waals surface area contributed by atoms with Gasteiger partial charge < -0.3 is 16.0 Å². The number of rotatable bonds is 2. The lowest BCUT2D eigenvalue weighted by atomic mass is 10.2. The highest BCUT2D eigenvalue weighted by atomic mass is 32.1. The first-order chi connectivity index (χ1) is 6.79. The second-order valence-corrected chi connectivity index (χ2v) is 3.80. The van der Waals surface area contributed by atoms with Gasteiger partial charge in [-0.3, -0.25) is 4.79 Å². The zero-order valence-corrected chi connectivity index (χ0v) is 8.33. The lowest BCUT2D eigenvalue weighted by Gasteiger charge is -2.33. The van der Waals surface area contributed by atoms with Crippen molar-refractivity contribution in [1.29, 1.82) is 0 Å². The minimum absolute atomic E-state index is 0.309. The molecule has 1 saturated heterocycles. The number of carbonyl (C=O) groups is 1. The molecule has 1 aromatic heterocycles. The van der Waals surface area contributed by atoms with Crippen molar-refractivity contribution in [2.45, 2.75) is 6.04 Å². The Hall–Kier alpha value is -1.21. The highest BCUT2D eigenvalue weighted by Crippen LogP contribution is 2.18. The van der Waals surface area contributed by atoms with Crippen LogP contribution in [0.4, 0.5) is 5.13 Å². The third kappa shape index (κ3) is 1.68. The molecular weight excluding hydrogens is 202 g/mol. The van der Waals surface area contributed by atoms with Gasteiger partial charge in [-0.1, -0.05) is 0 Å². The predicted octanol–water partition coefficient (Wildman–Crippen LogP) is -1.20. The van der Waals surface area contributed by atoms with Gasteiger partial charge >= 0.3 is 0 Å². The molecule has 1 fully saturated rings. The van der Waals surface area contributed by atoms with Gasteiger partial charge in [-0.05, 0) is 0 Å². The van der Waals surface area contributed by atoms with E-state index in [0.717, 1.165) is 18.2 Å². The van der Waals surface area contributed by atoms with Crippen LogP contribution in [0.2, 0.25) is 0 Å². The van der Waals surface area contributed by atoms with E-state index in [0.29, 0.717) is 6.54 Å². The molecule has 0 radical (unpaired) electrons. The van der Waals surface area contributed by atoms with E-state index in [1.165, 1.54) is 17.9 Å². The molecule has 6 nitrogen and oxygen atoms in total. The smallest absolute Gasteiger partial charge is 0.241 e. The monoisotopic (exact) mass is 213 g/mol. The van der Waals surface area contributed by atoms with E-state index in [2.05, 4.69) is 14.7 Å². The van der Waals surface area contributed by atoms with Crippen molar-refractivity contribution in [3.63, 3.8) is 0 Å². The van der Waals surface area contributed by atoms with Crippen molar-refractivity contribution in [2.24, 2.45) is 5.73 Å². The molecule has 76 valence electrons. The number of carbonyl (C=O) groups excluding carboxylic acids is 1. The third-order valence-corrected chi connectivity index (χ3v) is 2.87. The molecule has 1 aliphatic rings. The van der Waals surface area contributed by atoms with E-state index in [1.54, 1.807) is 0 Å². The first kappa shape index (κ1) is 9.35.